The van der Waals surface area contributed by atoms with Gasteiger partial charge in [0.05, 0.1) is 13.2 Å². The van der Waals surface area contributed by atoms with Crippen molar-refractivity contribution < 1.29 is 49.2 Å². The van der Waals surface area contributed by atoms with E-state index in [1.807, 2.05) is 0 Å². The van der Waals surface area contributed by atoms with Crippen LogP contribution in [0.1, 0.15) is 12.8 Å². The van der Waals surface area contributed by atoms with Crippen molar-refractivity contribution in [3.8, 4) is 0 Å². The molecule has 0 amide bonds. The summed E-state index contributed by atoms with van der Waals surface area (Å²) in [6.45, 7) is 2.24. The number of hydrogen-bond acceptors (Lipinski definition) is 8. The third kappa shape index (κ3) is 11.8. The quantitative estimate of drug-likeness (QED) is 0.225. The van der Waals surface area contributed by atoms with Crippen molar-refractivity contribution in [1.29, 1.82) is 0 Å². The summed E-state index contributed by atoms with van der Waals surface area (Å²) < 4.78 is 76.3. The van der Waals surface area contributed by atoms with E-state index >= 15 is 0 Å². The van der Waals surface area contributed by atoms with E-state index in [-0.39, 0.29) is 6.04 Å². The van der Waals surface area contributed by atoms with Gasteiger partial charge >= 0.3 is 23.8 Å². The van der Waals surface area contributed by atoms with Crippen molar-refractivity contribution in [3.63, 3.8) is 0 Å². The minimum atomic E-state index is -4.20. The Kier molecular flexibility index (Phi) is 14.0. The van der Waals surface area contributed by atoms with Gasteiger partial charge in [-0.2, -0.15) is 13.2 Å². The van der Waals surface area contributed by atoms with Crippen molar-refractivity contribution >= 4 is 17.6 Å². The molecule has 0 aliphatic carbocycles. The molecule has 8 nitrogen and oxygen atoms in total. The molecule has 0 saturated carbocycles. The lowest BCUT2D eigenvalue weighted by Gasteiger charge is -2.24. The predicted molar refractivity (Wildman–Crippen MR) is 99.0 cm³/mol. The van der Waals surface area contributed by atoms with Crippen molar-refractivity contribution in [2.45, 2.75) is 37.2 Å². The van der Waals surface area contributed by atoms with Gasteiger partial charge in [0.15, 0.2) is 0 Å². The second-order valence-electron chi connectivity index (χ2n) is 5.84. The molecule has 0 aromatic heterocycles. The van der Waals surface area contributed by atoms with E-state index in [2.05, 4.69) is 0 Å². The Balaban J connectivity index is 0.000000528. The van der Waals surface area contributed by atoms with Crippen LogP contribution in [0.2, 0.25) is 12.1 Å². The lowest BCUT2D eigenvalue weighted by Crippen LogP contribution is -2.43. The van der Waals surface area contributed by atoms with Crippen LogP contribution in [-0.4, -0.2) is 92.4 Å². The van der Waals surface area contributed by atoms with E-state index < -0.39 is 30.2 Å². The molecule has 1 unspecified atom stereocenters. The van der Waals surface area contributed by atoms with Gasteiger partial charge in [0.25, 0.3) is 0 Å². The van der Waals surface area contributed by atoms with Crippen LogP contribution >= 0.6 is 0 Å². The molecule has 0 aromatic carbocycles. The second kappa shape index (κ2) is 14.0. The molecular formula is C15H33F3O8Si2. The van der Waals surface area contributed by atoms with Crippen LogP contribution in [0.4, 0.5) is 13.2 Å². The highest BCUT2D eigenvalue weighted by molar-refractivity contribution is 6.60. The lowest BCUT2D eigenvalue weighted by atomic mass is 10.5. The van der Waals surface area contributed by atoms with E-state index in [0.29, 0.717) is 19.3 Å². The maximum atomic E-state index is 11.9. The molecule has 0 aromatic rings. The number of rotatable bonds is 14. The maximum absolute atomic E-state index is 11.9. The van der Waals surface area contributed by atoms with Crippen LogP contribution in [-0.2, 0) is 36.0 Å². The molecule has 0 radical (unpaired) electrons. The SMILES string of the molecule is CO[Si](CCC(F)(F)F)(OC)OC.CO[Si](CCCOCC1CO1)(OC)OC. The lowest BCUT2D eigenvalue weighted by molar-refractivity contribution is -0.132. The van der Waals surface area contributed by atoms with Crippen LogP contribution in [0.25, 0.3) is 0 Å². The van der Waals surface area contributed by atoms with Gasteiger partial charge in [-0.25, -0.2) is 0 Å². The van der Waals surface area contributed by atoms with E-state index in [0.717, 1.165) is 19.1 Å². The first-order valence-electron chi connectivity index (χ1n) is 8.72. The molecule has 13 heteroatoms. The van der Waals surface area contributed by atoms with Crippen LogP contribution in [0.15, 0.2) is 0 Å². The highest BCUT2D eigenvalue weighted by Crippen LogP contribution is 2.26. The van der Waals surface area contributed by atoms with E-state index in [9.17, 15) is 13.2 Å². The summed E-state index contributed by atoms with van der Waals surface area (Å²) in [5.41, 5.74) is 0. The minimum Gasteiger partial charge on any atom is -0.379 e. The fraction of sp³-hybridized carbons (Fsp3) is 1.00. The Morgan fingerprint density at radius 1 is 0.821 bits per heavy atom. The van der Waals surface area contributed by atoms with Gasteiger partial charge in [0.2, 0.25) is 0 Å². The highest BCUT2D eigenvalue weighted by atomic mass is 28.4. The number of hydrogen-bond donors (Lipinski definition) is 0. The zero-order valence-corrected chi connectivity index (χ0v) is 19.4. The van der Waals surface area contributed by atoms with Crippen LogP contribution in [0, 0.1) is 0 Å². The van der Waals surface area contributed by atoms with Crippen molar-refractivity contribution in [2.24, 2.45) is 0 Å². The molecule has 1 aliphatic rings. The Morgan fingerprint density at radius 2 is 1.25 bits per heavy atom. The largest absolute Gasteiger partial charge is 0.500 e. The first-order valence-corrected chi connectivity index (χ1v) is 12.6. The van der Waals surface area contributed by atoms with Gasteiger partial charge in [-0.15, -0.1) is 0 Å². The molecule has 170 valence electrons. The van der Waals surface area contributed by atoms with Gasteiger partial charge in [-0.05, 0) is 6.42 Å². The Morgan fingerprint density at radius 3 is 1.61 bits per heavy atom. The number of halogens is 3. The summed E-state index contributed by atoms with van der Waals surface area (Å²) in [6.07, 6.45) is -3.93. The monoisotopic (exact) mass is 454 g/mol. The van der Waals surface area contributed by atoms with E-state index in [4.69, 9.17) is 36.0 Å². The van der Waals surface area contributed by atoms with Crippen molar-refractivity contribution in [3.05, 3.63) is 0 Å². The van der Waals surface area contributed by atoms with Gasteiger partial charge in [0, 0.05) is 67.8 Å². The van der Waals surface area contributed by atoms with Gasteiger partial charge in [-0.1, -0.05) is 0 Å². The Labute approximate surface area is 167 Å². The van der Waals surface area contributed by atoms with E-state index in [1.165, 1.54) is 21.3 Å². The van der Waals surface area contributed by atoms with Crippen LogP contribution < -0.4 is 0 Å². The average molecular weight is 455 g/mol. The van der Waals surface area contributed by atoms with Gasteiger partial charge in [-0.3, -0.25) is 0 Å². The summed E-state index contributed by atoms with van der Waals surface area (Å²) in [7, 11) is 3.29. The fourth-order valence-electron chi connectivity index (χ4n) is 2.18. The molecule has 1 saturated heterocycles. The predicted octanol–water partition coefficient (Wildman–Crippen LogP) is 2.49. The first kappa shape index (κ1) is 27.9. The van der Waals surface area contributed by atoms with Gasteiger partial charge in [0.1, 0.15) is 6.10 Å². The highest BCUT2D eigenvalue weighted by Gasteiger charge is 2.42. The number of alkyl halides is 3. The van der Waals surface area contributed by atoms with E-state index in [1.54, 1.807) is 21.3 Å². The number of ether oxygens (including phenoxy) is 2. The normalized spacial score (nSPS) is 17.2. The van der Waals surface area contributed by atoms with Crippen molar-refractivity contribution in [2.75, 3.05) is 62.5 Å². The molecule has 0 N–H and O–H groups in total. The summed E-state index contributed by atoms with van der Waals surface area (Å²) >= 11 is 0. The molecule has 0 bridgehead atoms. The standard InChI is InChI=1S/C9H20O5Si.C6H13F3O3Si/c1-10-15(11-2,12-3)6-4-5-13-7-9-8-14-9;1-10-13(11-2,12-3)5-4-6(7,8)9/h9H,4-8H2,1-3H3;4-5H2,1-3H3. The zero-order chi connectivity index (χ0) is 21.7. The molecule has 1 fully saturated rings. The minimum absolute atomic E-state index is 0.250. The Hall–Kier alpha value is -0.0962. The van der Waals surface area contributed by atoms with Gasteiger partial charge < -0.3 is 36.0 Å². The average Bonchev–Trinajstić information content (AvgIpc) is 3.51. The molecular weight excluding hydrogens is 421 g/mol. The van der Waals surface area contributed by atoms with Crippen LogP contribution in [0.5, 0.6) is 0 Å². The maximum Gasteiger partial charge on any atom is 0.500 e. The van der Waals surface area contributed by atoms with Crippen molar-refractivity contribution in [1.82, 2.24) is 0 Å². The topological polar surface area (TPSA) is 77.1 Å². The third-order valence-corrected chi connectivity index (χ3v) is 9.62. The molecule has 28 heavy (non-hydrogen) atoms. The molecule has 0 spiro atoms. The summed E-state index contributed by atoms with van der Waals surface area (Å²) in [6, 6.07) is 0.530. The Bertz CT molecular complexity index is 375. The smallest absolute Gasteiger partial charge is 0.379 e. The molecule has 1 heterocycles. The fourth-order valence-corrected chi connectivity index (χ4v) is 5.57. The third-order valence-electron chi connectivity index (χ3n) is 4.06. The zero-order valence-electron chi connectivity index (χ0n) is 17.4. The number of epoxide rings is 1. The summed E-state index contributed by atoms with van der Waals surface area (Å²) in [5, 5.41) is 0. The van der Waals surface area contributed by atoms with Crippen LogP contribution in [0.3, 0.4) is 0 Å². The second-order valence-corrected chi connectivity index (χ2v) is 12.0. The molecule has 1 rings (SSSR count). The molecule has 1 aliphatic heterocycles. The molecule has 1 atom stereocenters. The summed E-state index contributed by atoms with van der Waals surface area (Å²) in [4.78, 5) is 0. The summed E-state index contributed by atoms with van der Waals surface area (Å²) in [5.74, 6) is 0. The first-order chi connectivity index (χ1) is 13.1.